The second-order valence-electron chi connectivity index (χ2n) is 5.61. The second-order valence-corrected chi connectivity index (χ2v) is 5.61. The van der Waals surface area contributed by atoms with Crippen molar-refractivity contribution < 1.29 is 9.18 Å². The van der Waals surface area contributed by atoms with Crippen LogP contribution in [0.2, 0.25) is 0 Å². The van der Waals surface area contributed by atoms with Crippen LogP contribution in [0.25, 0.3) is 5.69 Å². The first-order valence-corrected chi connectivity index (χ1v) is 7.66. The van der Waals surface area contributed by atoms with Crippen LogP contribution in [-0.4, -0.2) is 22.2 Å². The zero-order valence-corrected chi connectivity index (χ0v) is 12.7. The second kappa shape index (κ2) is 5.81. The molecule has 0 saturated carbocycles. The van der Waals surface area contributed by atoms with Crippen LogP contribution in [0, 0.1) is 5.82 Å². The third-order valence-corrected chi connectivity index (χ3v) is 4.06. The Morgan fingerprint density at radius 3 is 2.58 bits per heavy atom. The lowest BCUT2D eigenvalue weighted by molar-refractivity contribution is 0.0955. The number of nitrogens with one attached hydrogen (secondary N) is 2. The van der Waals surface area contributed by atoms with Gasteiger partial charge < -0.3 is 10.6 Å². The first-order valence-electron chi connectivity index (χ1n) is 7.66. The highest BCUT2D eigenvalue weighted by atomic mass is 19.1. The lowest BCUT2D eigenvalue weighted by Crippen LogP contribution is -2.27. The van der Waals surface area contributed by atoms with Gasteiger partial charge in [-0.1, -0.05) is 30.3 Å². The zero-order chi connectivity index (χ0) is 16.5. The van der Waals surface area contributed by atoms with E-state index in [-0.39, 0.29) is 17.8 Å². The zero-order valence-electron chi connectivity index (χ0n) is 12.7. The molecular weight excluding hydrogens is 307 g/mol. The molecule has 1 atom stereocenters. The molecule has 1 aromatic heterocycles. The van der Waals surface area contributed by atoms with Crippen LogP contribution in [0.1, 0.15) is 22.0 Å². The molecule has 1 aliphatic rings. The predicted octanol–water partition coefficient (Wildman–Crippen LogP) is 2.91. The number of benzene rings is 2. The van der Waals surface area contributed by atoms with Crippen molar-refractivity contribution in [3.05, 3.63) is 77.7 Å². The molecule has 0 saturated heterocycles. The van der Waals surface area contributed by atoms with Crippen molar-refractivity contribution in [2.75, 3.05) is 11.9 Å². The van der Waals surface area contributed by atoms with Gasteiger partial charge in [-0.25, -0.2) is 9.07 Å². The van der Waals surface area contributed by atoms with Crippen LogP contribution >= 0.6 is 0 Å². The van der Waals surface area contributed by atoms with Crippen molar-refractivity contribution in [1.29, 1.82) is 0 Å². The molecule has 24 heavy (non-hydrogen) atoms. The fourth-order valence-electron chi connectivity index (χ4n) is 2.82. The minimum atomic E-state index is -0.286. The van der Waals surface area contributed by atoms with Gasteiger partial charge in [0.25, 0.3) is 5.91 Å². The van der Waals surface area contributed by atoms with Crippen LogP contribution in [0.5, 0.6) is 0 Å². The molecule has 2 N–H and O–H groups in total. The molecular formula is C18H15FN4O. The van der Waals surface area contributed by atoms with Crippen LogP contribution in [0.4, 0.5) is 10.2 Å². The van der Waals surface area contributed by atoms with Gasteiger partial charge in [0.2, 0.25) is 0 Å². The van der Waals surface area contributed by atoms with Gasteiger partial charge in [-0.2, -0.15) is 5.10 Å². The van der Waals surface area contributed by atoms with E-state index in [0.717, 1.165) is 11.3 Å². The number of aromatic nitrogens is 2. The number of amides is 1. The molecule has 0 fully saturated rings. The average Bonchev–Trinajstić information content (AvgIpc) is 2.96. The molecule has 0 spiro atoms. The van der Waals surface area contributed by atoms with Crippen molar-refractivity contribution in [3.63, 3.8) is 0 Å². The van der Waals surface area contributed by atoms with Crippen molar-refractivity contribution in [2.24, 2.45) is 0 Å². The summed E-state index contributed by atoms with van der Waals surface area (Å²) in [6.45, 7) is 0.411. The van der Waals surface area contributed by atoms with Gasteiger partial charge in [-0.15, -0.1) is 0 Å². The summed E-state index contributed by atoms with van der Waals surface area (Å²) in [5.41, 5.74) is 2.24. The maximum Gasteiger partial charge on any atom is 0.256 e. The van der Waals surface area contributed by atoms with Crippen molar-refractivity contribution in [2.45, 2.75) is 6.04 Å². The molecule has 2 aromatic carbocycles. The van der Waals surface area contributed by atoms with Gasteiger partial charge in [0.05, 0.1) is 17.9 Å². The smallest absolute Gasteiger partial charge is 0.256 e. The highest BCUT2D eigenvalue weighted by Gasteiger charge is 2.26. The van der Waals surface area contributed by atoms with Gasteiger partial charge in [-0.3, -0.25) is 4.79 Å². The van der Waals surface area contributed by atoms with Crippen molar-refractivity contribution >= 4 is 11.7 Å². The monoisotopic (exact) mass is 322 g/mol. The van der Waals surface area contributed by atoms with E-state index in [1.807, 2.05) is 30.3 Å². The standard InChI is InChI=1S/C18H15FN4O/c19-13-8-6-12(7-9-13)16-11-20-18(24)15-10-21-23(17(15)22-16)14-4-2-1-3-5-14/h1-10,16,22H,11H2,(H,20,24). The molecule has 5 nitrogen and oxygen atoms in total. The number of hydrogen-bond acceptors (Lipinski definition) is 3. The van der Waals surface area contributed by atoms with Gasteiger partial charge in [0.15, 0.2) is 0 Å². The highest BCUT2D eigenvalue weighted by Crippen LogP contribution is 2.27. The first kappa shape index (κ1) is 14.4. The molecule has 3 aromatic rings. The number of anilines is 1. The minimum Gasteiger partial charge on any atom is -0.361 e. The van der Waals surface area contributed by atoms with Crippen LogP contribution in [0.15, 0.2) is 60.8 Å². The van der Waals surface area contributed by atoms with E-state index in [4.69, 9.17) is 0 Å². The molecule has 2 heterocycles. The van der Waals surface area contributed by atoms with Gasteiger partial charge >= 0.3 is 0 Å². The van der Waals surface area contributed by atoms with E-state index in [2.05, 4.69) is 15.7 Å². The Hall–Kier alpha value is -3.15. The topological polar surface area (TPSA) is 59.0 Å². The fraction of sp³-hybridized carbons (Fsp3) is 0.111. The largest absolute Gasteiger partial charge is 0.361 e. The molecule has 4 rings (SSSR count). The number of carbonyl (C=O) groups excluding carboxylic acids is 1. The minimum absolute atomic E-state index is 0.171. The fourth-order valence-corrected chi connectivity index (χ4v) is 2.82. The van der Waals surface area contributed by atoms with E-state index in [9.17, 15) is 9.18 Å². The third kappa shape index (κ3) is 2.52. The Labute approximate surface area is 138 Å². The van der Waals surface area contributed by atoms with Crippen LogP contribution in [-0.2, 0) is 0 Å². The maximum atomic E-state index is 13.2. The van der Waals surface area contributed by atoms with E-state index >= 15 is 0 Å². The number of fused-ring (bicyclic) bond motifs is 1. The van der Waals surface area contributed by atoms with Crippen molar-refractivity contribution in [1.82, 2.24) is 15.1 Å². The maximum absolute atomic E-state index is 13.2. The lowest BCUT2D eigenvalue weighted by atomic mass is 10.1. The lowest BCUT2D eigenvalue weighted by Gasteiger charge is -2.19. The molecule has 0 bridgehead atoms. The molecule has 1 amide bonds. The molecule has 0 aliphatic carbocycles. The highest BCUT2D eigenvalue weighted by molar-refractivity contribution is 5.99. The summed E-state index contributed by atoms with van der Waals surface area (Å²) in [7, 11) is 0. The Morgan fingerprint density at radius 1 is 1.08 bits per heavy atom. The summed E-state index contributed by atoms with van der Waals surface area (Å²) in [6, 6.07) is 15.7. The Morgan fingerprint density at radius 2 is 1.83 bits per heavy atom. The summed E-state index contributed by atoms with van der Waals surface area (Å²) in [4.78, 5) is 12.3. The number of para-hydroxylation sites is 1. The summed E-state index contributed by atoms with van der Waals surface area (Å²) < 4.78 is 14.9. The summed E-state index contributed by atoms with van der Waals surface area (Å²) in [6.07, 6.45) is 1.55. The summed E-state index contributed by atoms with van der Waals surface area (Å²) in [5, 5.41) is 10.6. The van der Waals surface area contributed by atoms with Crippen molar-refractivity contribution in [3.8, 4) is 5.69 Å². The number of nitrogens with zero attached hydrogens (tertiary/aromatic N) is 2. The van der Waals surface area contributed by atoms with Gasteiger partial charge in [-0.05, 0) is 29.8 Å². The molecule has 1 aliphatic heterocycles. The van der Waals surface area contributed by atoms with Gasteiger partial charge in [0, 0.05) is 6.54 Å². The quantitative estimate of drug-likeness (QED) is 0.763. The van der Waals surface area contributed by atoms with E-state index < -0.39 is 0 Å². The normalized spacial score (nSPS) is 16.7. The summed E-state index contributed by atoms with van der Waals surface area (Å²) >= 11 is 0. The molecule has 0 radical (unpaired) electrons. The average molecular weight is 322 g/mol. The van der Waals surface area contributed by atoms with E-state index in [0.29, 0.717) is 17.9 Å². The number of halogens is 1. The van der Waals surface area contributed by atoms with Crippen LogP contribution < -0.4 is 10.6 Å². The number of rotatable bonds is 2. The Bertz CT molecular complexity index is 874. The molecule has 120 valence electrons. The Balaban J connectivity index is 1.76. The third-order valence-electron chi connectivity index (χ3n) is 4.06. The summed E-state index contributed by atoms with van der Waals surface area (Å²) in [5.74, 6) is 0.168. The first-order chi connectivity index (χ1) is 11.7. The Kier molecular flexibility index (Phi) is 3.49. The van der Waals surface area contributed by atoms with E-state index in [1.54, 1.807) is 23.0 Å². The van der Waals surface area contributed by atoms with Gasteiger partial charge in [0.1, 0.15) is 17.2 Å². The van der Waals surface area contributed by atoms with Crippen LogP contribution in [0.3, 0.4) is 0 Å². The molecule has 6 heteroatoms. The predicted molar refractivity (Wildman–Crippen MR) is 88.7 cm³/mol. The van der Waals surface area contributed by atoms with E-state index in [1.165, 1.54) is 12.1 Å². The molecule has 1 unspecified atom stereocenters. The SMILES string of the molecule is O=C1NCC(c2ccc(F)cc2)Nc2c1cnn2-c1ccccc1. The number of hydrogen-bond donors (Lipinski definition) is 2. The number of carbonyl (C=O) groups is 1.